The molecule has 1 amide bonds. The summed E-state index contributed by atoms with van der Waals surface area (Å²) in [5, 5.41) is 2.89. The van der Waals surface area contributed by atoms with Gasteiger partial charge >= 0.3 is 0 Å². The molecular weight excluding hydrogens is 244 g/mol. The maximum atomic E-state index is 12.1. The SMILES string of the molecule is CC(Cn1ccnc1)NC(=O)c1cccnc1NN. The molecule has 19 heavy (non-hydrogen) atoms. The quantitative estimate of drug-likeness (QED) is 0.533. The molecule has 2 aromatic heterocycles. The Morgan fingerprint density at radius 1 is 1.53 bits per heavy atom. The van der Waals surface area contributed by atoms with E-state index in [4.69, 9.17) is 5.84 Å². The fraction of sp³-hybridized carbons (Fsp3) is 0.250. The molecule has 0 spiro atoms. The first-order valence-corrected chi connectivity index (χ1v) is 5.89. The first-order valence-electron chi connectivity index (χ1n) is 5.89. The molecule has 0 aliphatic carbocycles. The zero-order valence-corrected chi connectivity index (χ0v) is 10.6. The average Bonchev–Trinajstić information content (AvgIpc) is 2.91. The zero-order chi connectivity index (χ0) is 13.7. The van der Waals surface area contributed by atoms with Crippen LogP contribution in [0.4, 0.5) is 5.82 Å². The molecule has 0 aromatic carbocycles. The molecule has 1 unspecified atom stereocenters. The number of nitrogens with zero attached hydrogens (tertiary/aromatic N) is 3. The first-order chi connectivity index (χ1) is 9.20. The molecule has 0 saturated heterocycles. The Bertz CT molecular complexity index is 539. The number of hydrogen-bond donors (Lipinski definition) is 3. The van der Waals surface area contributed by atoms with Gasteiger partial charge in [0.05, 0.1) is 11.9 Å². The highest BCUT2D eigenvalue weighted by Crippen LogP contribution is 2.09. The molecule has 0 aliphatic rings. The molecule has 100 valence electrons. The van der Waals surface area contributed by atoms with Crippen molar-refractivity contribution in [2.75, 3.05) is 5.43 Å². The summed E-state index contributed by atoms with van der Waals surface area (Å²) in [6.45, 7) is 2.57. The van der Waals surface area contributed by atoms with Crippen molar-refractivity contribution in [1.29, 1.82) is 0 Å². The maximum Gasteiger partial charge on any atom is 0.255 e. The first kappa shape index (κ1) is 13.0. The van der Waals surface area contributed by atoms with Gasteiger partial charge in [-0.25, -0.2) is 15.8 Å². The molecule has 4 N–H and O–H groups in total. The number of nitrogens with one attached hydrogen (secondary N) is 2. The number of nitrogens with two attached hydrogens (primary N) is 1. The second kappa shape index (κ2) is 5.96. The highest BCUT2D eigenvalue weighted by atomic mass is 16.1. The van der Waals surface area contributed by atoms with Gasteiger partial charge in [0.1, 0.15) is 0 Å². The number of hydrazine groups is 1. The molecule has 0 fully saturated rings. The number of imidazole rings is 1. The number of anilines is 1. The number of amides is 1. The van der Waals surface area contributed by atoms with E-state index in [1.54, 1.807) is 30.9 Å². The van der Waals surface area contributed by atoms with Gasteiger partial charge in [-0.3, -0.25) is 4.79 Å². The van der Waals surface area contributed by atoms with Gasteiger partial charge in [-0.05, 0) is 19.1 Å². The van der Waals surface area contributed by atoms with Crippen molar-refractivity contribution in [3.8, 4) is 0 Å². The van der Waals surface area contributed by atoms with Crippen LogP contribution in [0.5, 0.6) is 0 Å². The van der Waals surface area contributed by atoms with E-state index in [9.17, 15) is 4.79 Å². The molecule has 2 heterocycles. The summed E-state index contributed by atoms with van der Waals surface area (Å²) in [6.07, 6.45) is 6.83. The van der Waals surface area contributed by atoms with Crippen LogP contribution in [0.15, 0.2) is 37.1 Å². The van der Waals surface area contributed by atoms with Crippen LogP contribution in [0, 0.1) is 0 Å². The van der Waals surface area contributed by atoms with Crippen LogP contribution in [-0.2, 0) is 6.54 Å². The monoisotopic (exact) mass is 260 g/mol. The number of nitrogen functional groups attached to an aromatic ring is 1. The Labute approximate surface area is 110 Å². The second-order valence-corrected chi connectivity index (χ2v) is 4.18. The summed E-state index contributed by atoms with van der Waals surface area (Å²) >= 11 is 0. The van der Waals surface area contributed by atoms with E-state index in [1.807, 2.05) is 17.7 Å². The highest BCUT2D eigenvalue weighted by molar-refractivity contribution is 5.98. The third kappa shape index (κ3) is 3.29. The summed E-state index contributed by atoms with van der Waals surface area (Å²) < 4.78 is 1.90. The van der Waals surface area contributed by atoms with Crippen molar-refractivity contribution in [2.24, 2.45) is 5.84 Å². The lowest BCUT2D eigenvalue weighted by Gasteiger charge is -2.15. The van der Waals surface area contributed by atoms with Crippen molar-refractivity contribution in [1.82, 2.24) is 19.9 Å². The summed E-state index contributed by atoms with van der Waals surface area (Å²) in [4.78, 5) is 20.0. The van der Waals surface area contributed by atoms with Gasteiger partial charge in [0, 0.05) is 31.2 Å². The number of hydrogen-bond acceptors (Lipinski definition) is 5. The Morgan fingerprint density at radius 3 is 3.05 bits per heavy atom. The standard InChI is InChI=1S/C12H16N6O/c1-9(7-18-6-5-14-8-18)16-12(19)10-3-2-4-15-11(10)17-13/h2-6,8-9H,7,13H2,1H3,(H,15,17)(H,16,19). The summed E-state index contributed by atoms with van der Waals surface area (Å²) in [6, 6.07) is 3.32. The smallest absolute Gasteiger partial charge is 0.255 e. The van der Waals surface area contributed by atoms with Crippen molar-refractivity contribution in [3.05, 3.63) is 42.6 Å². The lowest BCUT2D eigenvalue weighted by molar-refractivity contribution is 0.0937. The minimum atomic E-state index is -0.214. The van der Waals surface area contributed by atoms with E-state index in [1.165, 1.54) is 0 Å². The lowest BCUT2D eigenvalue weighted by atomic mass is 10.2. The van der Waals surface area contributed by atoms with Crippen molar-refractivity contribution in [3.63, 3.8) is 0 Å². The fourth-order valence-corrected chi connectivity index (χ4v) is 1.76. The van der Waals surface area contributed by atoms with Gasteiger partial charge < -0.3 is 15.3 Å². The van der Waals surface area contributed by atoms with Crippen LogP contribution in [0.2, 0.25) is 0 Å². The predicted molar refractivity (Wildman–Crippen MR) is 71.2 cm³/mol. The van der Waals surface area contributed by atoms with Gasteiger partial charge in [-0.1, -0.05) is 0 Å². The lowest BCUT2D eigenvalue weighted by Crippen LogP contribution is -2.36. The molecular formula is C12H16N6O. The number of rotatable bonds is 5. The number of carbonyl (C=O) groups is 1. The molecule has 2 aromatic rings. The number of aromatic nitrogens is 3. The maximum absolute atomic E-state index is 12.1. The average molecular weight is 260 g/mol. The minimum Gasteiger partial charge on any atom is -0.348 e. The minimum absolute atomic E-state index is 0.0347. The van der Waals surface area contributed by atoms with Crippen molar-refractivity contribution < 1.29 is 4.79 Å². The fourth-order valence-electron chi connectivity index (χ4n) is 1.76. The molecule has 7 heteroatoms. The van der Waals surface area contributed by atoms with E-state index in [0.29, 0.717) is 17.9 Å². The number of pyridine rings is 1. The van der Waals surface area contributed by atoms with Gasteiger partial charge in [-0.2, -0.15) is 0 Å². The molecule has 0 aliphatic heterocycles. The normalized spacial score (nSPS) is 11.9. The molecule has 7 nitrogen and oxygen atoms in total. The Kier molecular flexibility index (Phi) is 4.09. The molecule has 0 radical (unpaired) electrons. The van der Waals surface area contributed by atoms with E-state index in [0.717, 1.165) is 0 Å². The van der Waals surface area contributed by atoms with Crippen LogP contribution >= 0.6 is 0 Å². The largest absolute Gasteiger partial charge is 0.348 e. The topological polar surface area (TPSA) is 97.9 Å². The van der Waals surface area contributed by atoms with Crippen LogP contribution in [0.25, 0.3) is 0 Å². The van der Waals surface area contributed by atoms with Crippen LogP contribution in [0.1, 0.15) is 17.3 Å². The Balaban J connectivity index is 2.00. The van der Waals surface area contributed by atoms with E-state index < -0.39 is 0 Å². The van der Waals surface area contributed by atoms with E-state index >= 15 is 0 Å². The van der Waals surface area contributed by atoms with E-state index in [2.05, 4.69) is 20.7 Å². The van der Waals surface area contributed by atoms with Gasteiger partial charge in [0.25, 0.3) is 5.91 Å². The molecule has 0 bridgehead atoms. The Hall–Kier alpha value is -2.41. The summed E-state index contributed by atoms with van der Waals surface area (Å²) in [5.41, 5.74) is 2.83. The predicted octanol–water partition coefficient (Wildman–Crippen LogP) is 0.382. The van der Waals surface area contributed by atoms with Crippen molar-refractivity contribution >= 4 is 11.7 Å². The van der Waals surface area contributed by atoms with Gasteiger partial charge in [-0.15, -0.1) is 0 Å². The summed E-state index contributed by atoms with van der Waals surface area (Å²) in [7, 11) is 0. The Morgan fingerprint density at radius 2 is 2.37 bits per heavy atom. The van der Waals surface area contributed by atoms with Crippen LogP contribution < -0.4 is 16.6 Å². The third-order valence-corrected chi connectivity index (χ3v) is 2.61. The summed E-state index contributed by atoms with van der Waals surface area (Å²) in [5.74, 6) is 5.47. The van der Waals surface area contributed by atoms with Gasteiger partial charge in [0.2, 0.25) is 0 Å². The van der Waals surface area contributed by atoms with Gasteiger partial charge in [0.15, 0.2) is 5.82 Å². The third-order valence-electron chi connectivity index (χ3n) is 2.61. The zero-order valence-electron chi connectivity index (χ0n) is 10.6. The number of carbonyl (C=O) groups excluding carboxylic acids is 1. The molecule has 0 saturated carbocycles. The van der Waals surface area contributed by atoms with Crippen LogP contribution in [0.3, 0.4) is 0 Å². The van der Waals surface area contributed by atoms with Crippen LogP contribution in [-0.4, -0.2) is 26.5 Å². The van der Waals surface area contributed by atoms with E-state index in [-0.39, 0.29) is 11.9 Å². The molecule has 2 rings (SSSR count). The highest BCUT2D eigenvalue weighted by Gasteiger charge is 2.14. The molecule has 1 atom stereocenters. The van der Waals surface area contributed by atoms with Crippen molar-refractivity contribution in [2.45, 2.75) is 19.5 Å². The second-order valence-electron chi connectivity index (χ2n) is 4.18.